The number of pyridine rings is 1. The molecule has 4 rings (SSSR count). The molecule has 130 valence electrons. The van der Waals surface area contributed by atoms with Gasteiger partial charge in [-0.15, -0.1) is 0 Å². The van der Waals surface area contributed by atoms with E-state index in [0.29, 0.717) is 31.9 Å². The minimum atomic E-state index is -0.143. The molecule has 1 saturated carbocycles. The number of carbonyl (C=O) groups excluding carboxylic acids is 2. The smallest absolute Gasteiger partial charge is 0.322 e. The number of hydrogen-bond acceptors (Lipinski definition) is 3. The van der Waals surface area contributed by atoms with E-state index >= 15 is 0 Å². The number of fused-ring (bicyclic) bond motifs is 1. The van der Waals surface area contributed by atoms with E-state index in [1.165, 1.54) is 0 Å². The molecule has 1 aliphatic carbocycles. The van der Waals surface area contributed by atoms with E-state index in [1.54, 1.807) is 11.1 Å². The van der Waals surface area contributed by atoms with Crippen LogP contribution in [0.5, 0.6) is 0 Å². The standard InChI is InChI=1S/C18H19BrN4O2/c19-14-10-13-2-1-3-15(16(13)20-11-14)21-18(25)23-8-6-22(7-9-23)17(24)12-4-5-12/h1-3,10-12H,4-9H2,(H,21,25). The molecule has 7 heteroatoms. The lowest BCUT2D eigenvalue weighted by molar-refractivity contribution is -0.133. The van der Waals surface area contributed by atoms with Crippen LogP contribution >= 0.6 is 15.9 Å². The van der Waals surface area contributed by atoms with Gasteiger partial charge in [0.25, 0.3) is 0 Å². The molecule has 1 saturated heterocycles. The second-order valence-corrected chi connectivity index (χ2v) is 7.46. The van der Waals surface area contributed by atoms with Crippen LogP contribution in [-0.2, 0) is 4.79 Å². The lowest BCUT2D eigenvalue weighted by atomic mass is 10.2. The van der Waals surface area contributed by atoms with E-state index in [4.69, 9.17) is 0 Å². The molecule has 0 atom stereocenters. The Kier molecular flexibility index (Phi) is 4.33. The van der Waals surface area contributed by atoms with Crippen LogP contribution in [0.3, 0.4) is 0 Å². The molecule has 0 unspecified atom stereocenters. The van der Waals surface area contributed by atoms with E-state index in [0.717, 1.165) is 28.2 Å². The summed E-state index contributed by atoms with van der Waals surface area (Å²) in [4.78, 5) is 32.7. The van der Waals surface area contributed by atoms with Crippen molar-refractivity contribution in [2.24, 2.45) is 5.92 Å². The van der Waals surface area contributed by atoms with E-state index in [9.17, 15) is 9.59 Å². The number of nitrogens with one attached hydrogen (secondary N) is 1. The Balaban J connectivity index is 1.42. The second-order valence-electron chi connectivity index (χ2n) is 6.55. The predicted octanol–water partition coefficient (Wildman–Crippen LogP) is 3.08. The van der Waals surface area contributed by atoms with Crippen LogP contribution in [0.4, 0.5) is 10.5 Å². The largest absolute Gasteiger partial charge is 0.339 e. The minimum absolute atomic E-state index is 0.143. The summed E-state index contributed by atoms with van der Waals surface area (Å²) in [6.45, 7) is 2.36. The van der Waals surface area contributed by atoms with Crippen LogP contribution in [-0.4, -0.2) is 52.9 Å². The maximum absolute atomic E-state index is 12.6. The molecule has 6 nitrogen and oxygen atoms in total. The SMILES string of the molecule is O=C(Nc1cccc2cc(Br)cnc12)N1CCN(C(=O)C2CC2)CC1. The van der Waals surface area contributed by atoms with Crippen molar-refractivity contribution in [2.45, 2.75) is 12.8 Å². The fourth-order valence-corrected chi connectivity index (χ4v) is 3.50. The summed E-state index contributed by atoms with van der Waals surface area (Å²) in [5, 5.41) is 3.92. The maximum Gasteiger partial charge on any atom is 0.322 e. The van der Waals surface area contributed by atoms with E-state index in [-0.39, 0.29) is 17.9 Å². The van der Waals surface area contributed by atoms with Crippen LogP contribution in [0.2, 0.25) is 0 Å². The minimum Gasteiger partial charge on any atom is -0.339 e. The zero-order valence-corrected chi connectivity index (χ0v) is 15.3. The zero-order valence-electron chi connectivity index (χ0n) is 13.7. The number of para-hydroxylation sites is 1. The Morgan fingerprint density at radius 1 is 1.12 bits per heavy atom. The van der Waals surface area contributed by atoms with Crippen LogP contribution in [0.1, 0.15) is 12.8 Å². The number of benzene rings is 1. The zero-order chi connectivity index (χ0) is 17.4. The number of rotatable bonds is 2. The number of piperazine rings is 1. The topological polar surface area (TPSA) is 65.5 Å². The summed E-state index contributed by atoms with van der Waals surface area (Å²) < 4.78 is 0.903. The predicted molar refractivity (Wildman–Crippen MR) is 99.3 cm³/mol. The van der Waals surface area contributed by atoms with Crippen molar-refractivity contribution in [3.8, 4) is 0 Å². The normalized spacial score (nSPS) is 17.6. The summed E-state index contributed by atoms with van der Waals surface area (Å²) in [6.07, 6.45) is 3.76. The van der Waals surface area contributed by atoms with Gasteiger partial charge in [-0.05, 0) is 40.9 Å². The quantitative estimate of drug-likeness (QED) is 0.838. The number of aromatic nitrogens is 1. The van der Waals surface area contributed by atoms with Crippen molar-refractivity contribution in [3.05, 3.63) is 34.9 Å². The molecule has 1 aliphatic heterocycles. The molecule has 2 aromatic rings. The first-order valence-electron chi connectivity index (χ1n) is 8.51. The molecule has 1 N–H and O–H groups in total. The number of amides is 3. The Labute approximate surface area is 154 Å². The number of anilines is 1. The first-order valence-corrected chi connectivity index (χ1v) is 9.30. The van der Waals surface area contributed by atoms with Gasteiger partial charge < -0.3 is 15.1 Å². The van der Waals surface area contributed by atoms with Crippen molar-refractivity contribution in [1.29, 1.82) is 0 Å². The number of halogens is 1. The van der Waals surface area contributed by atoms with Crippen LogP contribution < -0.4 is 5.32 Å². The van der Waals surface area contributed by atoms with Crippen molar-refractivity contribution in [2.75, 3.05) is 31.5 Å². The van der Waals surface area contributed by atoms with Crippen molar-refractivity contribution >= 4 is 44.5 Å². The van der Waals surface area contributed by atoms with Gasteiger partial charge in [0.2, 0.25) is 5.91 Å². The highest BCUT2D eigenvalue weighted by Crippen LogP contribution is 2.31. The fraction of sp³-hybridized carbons (Fsp3) is 0.389. The van der Waals surface area contributed by atoms with Crippen LogP contribution in [0, 0.1) is 5.92 Å². The van der Waals surface area contributed by atoms with Gasteiger partial charge in [-0.25, -0.2) is 4.79 Å². The molecule has 2 fully saturated rings. The van der Waals surface area contributed by atoms with Crippen LogP contribution in [0.25, 0.3) is 10.9 Å². The molecule has 3 amide bonds. The summed E-state index contributed by atoms with van der Waals surface area (Å²) in [5.41, 5.74) is 1.47. The number of urea groups is 1. The molecule has 1 aromatic heterocycles. The number of hydrogen-bond donors (Lipinski definition) is 1. The molecule has 0 spiro atoms. The molecule has 2 aliphatic rings. The maximum atomic E-state index is 12.6. The van der Waals surface area contributed by atoms with Crippen molar-refractivity contribution in [1.82, 2.24) is 14.8 Å². The average molecular weight is 403 g/mol. The summed E-state index contributed by atoms with van der Waals surface area (Å²) >= 11 is 3.41. The molecule has 0 bridgehead atoms. The molecule has 2 heterocycles. The third kappa shape index (κ3) is 3.46. The Morgan fingerprint density at radius 3 is 2.56 bits per heavy atom. The highest BCUT2D eigenvalue weighted by Gasteiger charge is 2.35. The van der Waals surface area contributed by atoms with E-state index in [2.05, 4.69) is 26.2 Å². The second kappa shape index (κ2) is 6.63. The monoisotopic (exact) mass is 402 g/mol. The lowest BCUT2D eigenvalue weighted by Gasteiger charge is -2.34. The highest BCUT2D eigenvalue weighted by atomic mass is 79.9. The Bertz CT molecular complexity index is 829. The average Bonchev–Trinajstić information content (AvgIpc) is 3.46. The van der Waals surface area contributed by atoms with Gasteiger partial charge in [-0.1, -0.05) is 12.1 Å². The molecule has 0 radical (unpaired) electrons. The van der Waals surface area contributed by atoms with Gasteiger partial charge in [0.1, 0.15) is 0 Å². The van der Waals surface area contributed by atoms with Crippen molar-refractivity contribution in [3.63, 3.8) is 0 Å². The van der Waals surface area contributed by atoms with Gasteiger partial charge in [-0.3, -0.25) is 9.78 Å². The van der Waals surface area contributed by atoms with Gasteiger partial charge in [0.05, 0.1) is 11.2 Å². The highest BCUT2D eigenvalue weighted by molar-refractivity contribution is 9.10. The lowest BCUT2D eigenvalue weighted by Crippen LogP contribution is -2.52. The molecule has 1 aromatic carbocycles. The van der Waals surface area contributed by atoms with E-state index < -0.39 is 0 Å². The first kappa shape index (κ1) is 16.3. The molecular weight excluding hydrogens is 384 g/mol. The molecule has 25 heavy (non-hydrogen) atoms. The van der Waals surface area contributed by atoms with Gasteiger partial charge in [0, 0.05) is 48.2 Å². The fourth-order valence-electron chi connectivity index (χ4n) is 3.15. The summed E-state index contributed by atoms with van der Waals surface area (Å²) in [5.74, 6) is 0.491. The summed E-state index contributed by atoms with van der Waals surface area (Å²) in [6, 6.07) is 7.55. The van der Waals surface area contributed by atoms with Crippen LogP contribution in [0.15, 0.2) is 34.9 Å². The first-order chi connectivity index (χ1) is 12.1. The van der Waals surface area contributed by atoms with E-state index in [1.807, 2.05) is 29.2 Å². The molecular formula is C18H19BrN4O2. The van der Waals surface area contributed by atoms with Gasteiger partial charge >= 0.3 is 6.03 Å². The Hall–Kier alpha value is -2.15. The number of nitrogens with zero attached hydrogens (tertiary/aromatic N) is 3. The number of carbonyl (C=O) groups is 2. The van der Waals surface area contributed by atoms with Gasteiger partial charge in [0.15, 0.2) is 0 Å². The third-order valence-corrected chi connectivity index (χ3v) is 5.16. The van der Waals surface area contributed by atoms with Crippen molar-refractivity contribution < 1.29 is 9.59 Å². The Morgan fingerprint density at radius 2 is 1.84 bits per heavy atom. The third-order valence-electron chi connectivity index (χ3n) is 4.72. The summed E-state index contributed by atoms with van der Waals surface area (Å²) in [7, 11) is 0. The van der Waals surface area contributed by atoms with Gasteiger partial charge in [-0.2, -0.15) is 0 Å².